The first-order valence-corrected chi connectivity index (χ1v) is 8.74. The summed E-state index contributed by atoms with van der Waals surface area (Å²) in [5.74, 6) is -0.524. The van der Waals surface area contributed by atoms with Crippen molar-refractivity contribution in [2.45, 2.75) is 12.8 Å². The molecule has 0 spiro atoms. The second-order valence-electron chi connectivity index (χ2n) is 3.78. The average molecular weight is 304 g/mol. The summed E-state index contributed by atoms with van der Waals surface area (Å²) in [6.07, 6.45) is 0.670. The quantitative estimate of drug-likeness (QED) is 0.274. The van der Waals surface area contributed by atoms with Crippen molar-refractivity contribution < 1.29 is 25.9 Å². The van der Waals surface area contributed by atoms with Crippen molar-refractivity contribution in [1.29, 1.82) is 0 Å². The van der Waals surface area contributed by atoms with Crippen LogP contribution in [-0.2, 0) is 20.2 Å². The lowest BCUT2D eigenvalue weighted by Gasteiger charge is -2.05. The van der Waals surface area contributed by atoms with Gasteiger partial charge in [-0.1, -0.05) is 0 Å². The minimum absolute atomic E-state index is 0.262. The third kappa shape index (κ3) is 15.7. The molecule has 0 aliphatic heterocycles. The maximum atomic E-state index is 10.4. The summed E-state index contributed by atoms with van der Waals surface area (Å²) >= 11 is 0. The first-order chi connectivity index (χ1) is 8.21. The largest absolute Gasteiger partial charge is 0.315 e. The van der Waals surface area contributed by atoms with Crippen LogP contribution < -0.4 is 10.6 Å². The summed E-state index contributed by atoms with van der Waals surface area (Å²) in [6.45, 7) is 2.17. The van der Waals surface area contributed by atoms with Gasteiger partial charge in [0, 0.05) is 13.1 Å². The molecule has 8 nitrogen and oxygen atoms in total. The SMILES string of the molecule is O=S(=O)(O)CCCNCCNCCCS(=O)(=O)O. The average Bonchev–Trinajstić information content (AvgIpc) is 2.17. The van der Waals surface area contributed by atoms with Gasteiger partial charge in [0.15, 0.2) is 0 Å². The topological polar surface area (TPSA) is 133 Å². The van der Waals surface area contributed by atoms with Crippen LogP contribution in [-0.4, -0.2) is 63.6 Å². The van der Waals surface area contributed by atoms with E-state index in [2.05, 4.69) is 10.6 Å². The highest BCUT2D eigenvalue weighted by Gasteiger charge is 2.03. The zero-order chi connectivity index (χ0) is 14.1. The maximum absolute atomic E-state index is 10.4. The van der Waals surface area contributed by atoms with Gasteiger partial charge in [0.2, 0.25) is 0 Å². The van der Waals surface area contributed by atoms with Crippen LogP contribution in [0.3, 0.4) is 0 Å². The number of rotatable bonds is 11. The molecule has 0 unspecified atom stereocenters. The molecule has 0 aromatic carbocycles. The highest BCUT2D eigenvalue weighted by atomic mass is 32.2. The molecule has 0 saturated carbocycles. The van der Waals surface area contributed by atoms with Crippen molar-refractivity contribution in [2.24, 2.45) is 0 Å². The Morgan fingerprint density at radius 1 is 0.667 bits per heavy atom. The van der Waals surface area contributed by atoms with Gasteiger partial charge in [-0.05, 0) is 25.9 Å². The highest BCUT2D eigenvalue weighted by molar-refractivity contribution is 7.86. The molecule has 18 heavy (non-hydrogen) atoms. The minimum atomic E-state index is -3.88. The predicted octanol–water partition coefficient (Wildman–Crippen LogP) is -1.28. The van der Waals surface area contributed by atoms with Gasteiger partial charge >= 0.3 is 0 Å². The van der Waals surface area contributed by atoms with Crippen LogP contribution in [0.5, 0.6) is 0 Å². The summed E-state index contributed by atoms with van der Waals surface area (Å²) < 4.78 is 58.4. The van der Waals surface area contributed by atoms with E-state index < -0.39 is 20.2 Å². The third-order valence-corrected chi connectivity index (χ3v) is 3.60. The highest BCUT2D eigenvalue weighted by Crippen LogP contribution is 1.87. The number of hydrogen-bond acceptors (Lipinski definition) is 6. The summed E-state index contributed by atoms with van der Waals surface area (Å²) in [4.78, 5) is 0. The Labute approximate surface area is 108 Å². The van der Waals surface area contributed by atoms with E-state index in [4.69, 9.17) is 9.11 Å². The zero-order valence-electron chi connectivity index (χ0n) is 10.0. The summed E-state index contributed by atoms with van der Waals surface area (Å²) in [5.41, 5.74) is 0. The molecule has 0 atom stereocenters. The van der Waals surface area contributed by atoms with Crippen molar-refractivity contribution in [2.75, 3.05) is 37.7 Å². The number of nitrogens with one attached hydrogen (secondary N) is 2. The zero-order valence-corrected chi connectivity index (χ0v) is 11.6. The molecule has 0 aliphatic carbocycles. The van der Waals surface area contributed by atoms with Crippen molar-refractivity contribution in [3.05, 3.63) is 0 Å². The van der Waals surface area contributed by atoms with Crippen LogP contribution in [0.4, 0.5) is 0 Å². The van der Waals surface area contributed by atoms with Gasteiger partial charge in [-0.2, -0.15) is 16.8 Å². The molecule has 110 valence electrons. The molecular formula is C8H20N2O6S2. The fraction of sp³-hybridized carbons (Fsp3) is 1.00. The van der Waals surface area contributed by atoms with Crippen LogP contribution in [0.1, 0.15) is 12.8 Å². The maximum Gasteiger partial charge on any atom is 0.264 e. The molecule has 4 N–H and O–H groups in total. The van der Waals surface area contributed by atoms with Crippen LogP contribution >= 0.6 is 0 Å². The molecule has 0 aromatic rings. The fourth-order valence-corrected chi connectivity index (χ4v) is 2.20. The molecule has 0 bridgehead atoms. The van der Waals surface area contributed by atoms with Gasteiger partial charge in [-0.15, -0.1) is 0 Å². The first kappa shape index (κ1) is 17.7. The van der Waals surface area contributed by atoms with Crippen LogP contribution in [0, 0.1) is 0 Å². The minimum Gasteiger partial charge on any atom is -0.315 e. The Balaban J connectivity index is 3.22. The standard InChI is InChI=1S/C8H20N2O6S2/c11-17(12,13)7-1-3-9-5-6-10-4-2-8-18(14,15)16/h9-10H,1-8H2,(H,11,12,13)(H,14,15,16). The van der Waals surface area contributed by atoms with E-state index in [9.17, 15) is 16.8 Å². The van der Waals surface area contributed by atoms with E-state index in [0.29, 0.717) is 39.0 Å². The second-order valence-corrected chi connectivity index (χ2v) is 6.92. The Morgan fingerprint density at radius 3 is 1.28 bits per heavy atom. The molecule has 0 rings (SSSR count). The van der Waals surface area contributed by atoms with E-state index in [1.807, 2.05) is 0 Å². The van der Waals surface area contributed by atoms with E-state index in [-0.39, 0.29) is 11.5 Å². The van der Waals surface area contributed by atoms with Crippen molar-refractivity contribution in [1.82, 2.24) is 10.6 Å². The first-order valence-electron chi connectivity index (χ1n) is 5.52. The third-order valence-electron chi connectivity index (χ3n) is 1.99. The van der Waals surface area contributed by atoms with Crippen LogP contribution in [0.2, 0.25) is 0 Å². The lowest BCUT2D eigenvalue weighted by atomic mass is 10.4. The Bertz CT molecular complexity index is 365. The predicted molar refractivity (Wildman–Crippen MR) is 67.8 cm³/mol. The lowest BCUT2D eigenvalue weighted by Crippen LogP contribution is -2.29. The molecule has 0 aliphatic rings. The van der Waals surface area contributed by atoms with Gasteiger partial charge in [-0.3, -0.25) is 9.11 Å². The molecule has 0 fully saturated rings. The van der Waals surface area contributed by atoms with Gasteiger partial charge < -0.3 is 10.6 Å². The van der Waals surface area contributed by atoms with Crippen molar-refractivity contribution in [3.8, 4) is 0 Å². The van der Waals surface area contributed by atoms with Crippen LogP contribution in [0.25, 0.3) is 0 Å². The molecule has 0 aromatic heterocycles. The normalized spacial score (nSPS) is 12.8. The van der Waals surface area contributed by atoms with E-state index in [1.54, 1.807) is 0 Å². The van der Waals surface area contributed by atoms with Gasteiger partial charge in [0.1, 0.15) is 0 Å². The van der Waals surface area contributed by atoms with Crippen LogP contribution in [0.15, 0.2) is 0 Å². The van der Waals surface area contributed by atoms with Gasteiger partial charge in [-0.25, -0.2) is 0 Å². The summed E-state index contributed by atoms with van der Waals surface area (Å²) in [7, 11) is -7.76. The van der Waals surface area contributed by atoms with Gasteiger partial charge in [0.05, 0.1) is 11.5 Å². The fourth-order valence-electron chi connectivity index (χ4n) is 1.19. The number of hydrogen-bond donors (Lipinski definition) is 4. The Morgan fingerprint density at radius 2 is 1.00 bits per heavy atom. The molecule has 0 radical (unpaired) electrons. The van der Waals surface area contributed by atoms with Gasteiger partial charge in [0.25, 0.3) is 20.2 Å². The van der Waals surface area contributed by atoms with E-state index in [0.717, 1.165) is 0 Å². The van der Waals surface area contributed by atoms with Crippen molar-refractivity contribution >= 4 is 20.2 Å². The van der Waals surface area contributed by atoms with Crippen molar-refractivity contribution in [3.63, 3.8) is 0 Å². The Kier molecular flexibility index (Phi) is 8.65. The monoisotopic (exact) mass is 304 g/mol. The molecule has 0 amide bonds. The van der Waals surface area contributed by atoms with E-state index in [1.165, 1.54) is 0 Å². The molecular weight excluding hydrogens is 284 g/mol. The Hall–Kier alpha value is -0.260. The lowest BCUT2D eigenvalue weighted by molar-refractivity contribution is 0.476. The molecule has 0 heterocycles. The van der Waals surface area contributed by atoms with E-state index >= 15 is 0 Å². The molecule has 10 heteroatoms. The smallest absolute Gasteiger partial charge is 0.264 e. The molecule has 0 saturated heterocycles. The summed E-state index contributed by atoms with van der Waals surface area (Å²) in [6, 6.07) is 0. The summed E-state index contributed by atoms with van der Waals surface area (Å²) in [5, 5.41) is 5.92. The second kappa shape index (κ2) is 8.77.